The van der Waals surface area contributed by atoms with Crippen molar-refractivity contribution in [3.05, 3.63) is 29.8 Å². The van der Waals surface area contributed by atoms with Crippen LogP contribution in [0.5, 0.6) is 0 Å². The van der Waals surface area contributed by atoms with Gasteiger partial charge in [-0.05, 0) is 30.5 Å². The molecule has 5 heteroatoms. The summed E-state index contributed by atoms with van der Waals surface area (Å²) in [5.41, 5.74) is 0.744. The summed E-state index contributed by atoms with van der Waals surface area (Å²) in [5, 5.41) is 20.6. The first-order chi connectivity index (χ1) is 8.54. The van der Waals surface area contributed by atoms with Crippen molar-refractivity contribution in [2.75, 3.05) is 11.9 Å². The molecular weight excluding hydrogens is 234 g/mol. The van der Waals surface area contributed by atoms with Crippen LogP contribution in [0.25, 0.3) is 0 Å². The van der Waals surface area contributed by atoms with E-state index in [1.54, 1.807) is 24.3 Å². The molecule has 1 saturated carbocycles. The molecule has 5 nitrogen and oxygen atoms in total. The first kappa shape index (κ1) is 12.4. The third-order valence-electron chi connectivity index (χ3n) is 3.50. The number of anilines is 1. The molecule has 2 rings (SSSR count). The monoisotopic (exact) mass is 249 g/mol. The van der Waals surface area contributed by atoms with E-state index in [4.69, 9.17) is 5.11 Å². The largest absolute Gasteiger partial charge is 0.481 e. The number of carbonyl (C=O) groups is 2. The topological polar surface area (TPSA) is 86.6 Å². The maximum absolute atomic E-state index is 11.3. The Balaban J connectivity index is 2.12. The fraction of sp³-hybridized carbons (Fsp3) is 0.385. The number of aliphatic carboxylic acids is 2. The Morgan fingerprint density at radius 3 is 2.17 bits per heavy atom. The molecule has 1 aliphatic rings. The van der Waals surface area contributed by atoms with E-state index in [9.17, 15) is 14.7 Å². The third-order valence-corrected chi connectivity index (χ3v) is 3.50. The minimum Gasteiger partial charge on any atom is -0.481 e. The Morgan fingerprint density at radius 1 is 1.17 bits per heavy atom. The highest BCUT2D eigenvalue weighted by Gasteiger charge is 2.45. The first-order valence-corrected chi connectivity index (χ1v) is 5.84. The summed E-state index contributed by atoms with van der Waals surface area (Å²) in [6.45, 7) is -0.149. The number of hydrogen-bond acceptors (Lipinski definition) is 3. The molecule has 0 bridgehead atoms. The van der Waals surface area contributed by atoms with Crippen molar-refractivity contribution in [1.29, 1.82) is 0 Å². The van der Waals surface area contributed by atoms with Crippen LogP contribution >= 0.6 is 0 Å². The summed E-state index contributed by atoms with van der Waals surface area (Å²) in [7, 11) is 0. The van der Waals surface area contributed by atoms with Gasteiger partial charge in [0.05, 0.1) is 5.41 Å². The Labute approximate surface area is 104 Å². The highest BCUT2D eigenvalue weighted by Crippen LogP contribution is 2.44. The van der Waals surface area contributed by atoms with Crippen molar-refractivity contribution in [3.63, 3.8) is 0 Å². The van der Waals surface area contributed by atoms with Crippen LogP contribution in [0.15, 0.2) is 24.3 Å². The van der Waals surface area contributed by atoms with Crippen LogP contribution in [0, 0.1) is 0 Å². The molecule has 0 saturated heterocycles. The Bertz CT molecular complexity index is 462. The summed E-state index contributed by atoms with van der Waals surface area (Å²) in [5.74, 6) is -1.71. The van der Waals surface area contributed by atoms with Gasteiger partial charge in [0.15, 0.2) is 0 Å². The average Bonchev–Trinajstić information content (AvgIpc) is 2.26. The van der Waals surface area contributed by atoms with Gasteiger partial charge in [-0.15, -0.1) is 0 Å². The van der Waals surface area contributed by atoms with Gasteiger partial charge in [-0.3, -0.25) is 9.59 Å². The number of hydrogen-bond donors (Lipinski definition) is 3. The smallest absolute Gasteiger partial charge is 0.322 e. The number of rotatable bonds is 5. The zero-order chi connectivity index (χ0) is 13.2. The lowest BCUT2D eigenvalue weighted by Gasteiger charge is -2.38. The lowest BCUT2D eigenvalue weighted by atomic mass is 9.64. The van der Waals surface area contributed by atoms with Crippen molar-refractivity contribution in [2.45, 2.75) is 24.7 Å². The van der Waals surface area contributed by atoms with Crippen molar-refractivity contribution in [1.82, 2.24) is 0 Å². The zero-order valence-electron chi connectivity index (χ0n) is 9.85. The third kappa shape index (κ3) is 2.16. The molecule has 0 radical (unpaired) electrons. The van der Waals surface area contributed by atoms with Crippen LogP contribution in [0.1, 0.15) is 24.8 Å². The zero-order valence-corrected chi connectivity index (χ0v) is 9.85. The molecule has 96 valence electrons. The van der Waals surface area contributed by atoms with Gasteiger partial charge in [0, 0.05) is 5.69 Å². The van der Waals surface area contributed by atoms with Gasteiger partial charge in [-0.2, -0.15) is 0 Å². The van der Waals surface area contributed by atoms with Gasteiger partial charge in [0.25, 0.3) is 0 Å². The fourth-order valence-corrected chi connectivity index (χ4v) is 2.24. The van der Waals surface area contributed by atoms with E-state index in [0.29, 0.717) is 18.5 Å². The Kier molecular flexibility index (Phi) is 3.23. The van der Waals surface area contributed by atoms with E-state index < -0.39 is 17.4 Å². The Hall–Kier alpha value is -2.04. The summed E-state index contributed by atoms with van der Waals surface area (Å²) >= 11 is 0. The van der Waals surface area contributed by atoms with Crippen LogP contribution < -0.4 is 5.32 Å². The van der Waals surface area contributed by atoms with Crippen molar-refractivity contribution in [2.24, 2.45) is 0 Å². The van der Waals surface area contributed by atoms with Crippen LogP contribution in [-0.4, -0.2) is 28.7 Å². The molecule has 0 amide bonds. The minimum atomic E-state index is -0.930. The maximum Gasteiger partial charge on any atom is 0.322 e. The standard InChI is InChI=1S/C13H15NO4/c15-11(16)8-14-10-4-2-9(3-5-10)13(12(17)18)6-1-7-13/h2-5,14H,1,6-8H2,(H,15,16)(H,17,18). The molecular formula is C13H15NO4. The van der Waals surface area contributed by atoms with E-state index >= 15 is 0 Å². The van der Waals surface area contributed by atoms with Crippen LogP contribution in [0.2, 0.25) is 0 Å². The minimum absolute atomic E-state index is 0.149. The molecule has 0 heterocycles. The molecule has 18 heavy (non-hydrogen) atoms. The molecule has 0 atom stereocenters. The number of nitrogens with one attached hydrogen (secondary N) is 1. The van der Waals surface area contributed by atoms with Gasteiger partial charge >= 0.3 is 11.9 Å². The molecule has 0 aliphatic heterocycles. The summed E-state index contributed by atoms with van der Waals surface area (Å²) in [6, 6.07) is 6.97. The molecule has 1 aromatic carbocycles. The lowest BCUT2D eigenvalue weighted by Crippen LogP contribution is -2.42. The SMILES string of the molecule is O=C(O)CNc1ccc(C2(C(=O)O)CCC2)cc1. The molecule has 3 N–H and O–H groups in total. The predicted octanol–water partition coefficient (Wildman–Crippen LogP) is 1.69. The van der Waals surface area contributed by atoms with Crippen molar-refractivity contribution >= 4 is 17.6 Å². The normalized spacial score (nSPS) is 16.7. The van der Waals surface area contributed by atoms with E-state index in [2.05, 4.69) is 5.32 Å². The second kappa shape index (κ2) is 4.68. The van der Waals surface area contributed by atoms with Crippen molar-refractivity contribution < 1.29 is 19.8 Å². The van der Waals surface area contributed by atoms with Gasteiger partial charge < -0.3 is 15.5 Å². The van der Waals surface area contributed by atoms with Crippen LogP contribution in [-0.2, 0) is 15.0 Å². The van der Waals surface area contributed by atoms with Gasteiger partial charge in [0.1, 0.15) is 6.54 Å². The van der Waals surface area contributed by atoms with Gasteiger partial charge in [-0.25, -0.2) is 0 Å². The molecule has 0 spiro atoms. The van der Waals surface area contributed by atoms with E-state index in [0.717, 1.165) is 12.0 Å². The maximum atomic E-state index is 11.3. The highest BCUT2D eigenvalue weighted by atomic mass is 16.4. The van der Waals surface area contributed by atoms with E-state index in [1.165, 1.54) is 0 Å². The van der Waals surface area contributed by atoms with E-state index in [1.807, 2.05) is 0 Å². The van der Waals surface area contributed by atoms with Crippen LogP contribution in [0.3, 0.4) is 0 Å². The Morgan fingerprint density at radius 2 is 1.78 bits per heavy atom. The first-order valence-electron chi connectivity index (χ1n) is 5.84. The fourth-order valence-electron chi connectivity index (χ4n) is 2.24. The second-order valence-corrected chi connectivity index (χ2v) is 4.57. The van der Waals surface area contributed by atoms with Crippen LogP contribution in [0.4, 0.5) is 5.69 Å². The lowest BCUT2D eigenvalue weighted by molar-refractivity contribution is -0.147. The summed E-state index contributed by atoms with van der Waals surface area (Å²) < 4.78 is 0. The van der Waals surface area contributed by atoms with Gasteiger partial charge in [-0.1, -0.05) is 18.6 Å². The molecule has 1 fully saturated rings. The molecule has 0 aromatic heterocycles. The van der Waals surface area contributed by atoms with E-state index in [-0.39, 0.29) is 6.54 Å². The second-order valence-electron chi connectivity index (χ2n) is 4.57. The summed E-state index contributed by atoms with van der Waals surface area (Å²) in [6.07, 6.45) is 2.28. The predicted molar refractivity (Wildman–Crippen MR) is 65.7 cm³/mol. The number of benzene rings is 1. The average molecular weight is 249 g/mol. The number of carboxylic acid groups (broad SMARTS) is 2. The molecule has 1 aromatic rings. The summed E-state index contributed by atoms with van der Waals surface area (Å²) in [4.78, 5) is 21.7. The molecule has 0 unspecified atom stereocenters. The van der Waals surface area contributed by atoms with Gasteiger partial charge in [0.2, 0.25) is 0 Å². The molecule has 1 aliphatic carbocycles. The van der Waals surface area contributed by atoms with Crippen molar-refractivity contribution in [3.8, 4) is 0 Å². The quantitative estimate of drug-likeness (QED) is 0.739. The highest BCUT2D eigenvalue weighted by molar-refractivity contribution is 5.82. The number of carboxylic acids is 2.